The van der Waals surface area contributed by atoms with E-state index in [1.54, 1.807) is 12.1 Å². The van der Waals surface area contributed by atoms with Crippen molar-refractivity contribution in [2.24, 2.45) is 11.3 Å². The zero-order chi connectivity index (χ0) is 16.9. The molecule has 1 aromatic rings. The van der Waals surface area contributed by atoms with E-state index in [-0.39, 0.29) is 23.1 Å². The van der Waals surface area contributed by atoms with Gasteiger partial charge in [0.1, 0.15) is 12.4 Å². The average Bonchev–Trinajstić information content (AvgIpc) is 2.52. The fourth-order valence-electron chi connectivity index (χ4n) is 2.95. The van der Waals surface area contributed by atoms with Gasteiger partial charge in [-0.25, -0.2) is 0 Å². The van der Waals surface area contributed by atoms with Gasteiger partial charge in [0, 0.05) is 0 Å². The predicted octanol–water partition coefficient (Wildman–Crippen LogP) is 3.88. The molecule has 0 amide bonds. The zero-order valence-corrected chi connectivity index (χ0v) is 14.4. The number of phenols is 1. The Balaban J connectivity index is 1.87. The van der Waals surface area contributed by atoms with Crippen molar-refractivity contribution in [1.82, 2.24) is 0 Å². The average molecular weight is 320 g/mol. The first-order valence-corrected chi connectivity index (χ1v) is 8.53. The van der Waals surface area contributed by atoms with Gasteiger partial charge in [-0.05, 0) is 42.9 Å². The first-order valence-electron chi connectivity index (χ1n) is 8.53. The van der Waals surface area contributed by atoms with Crippen molar-refractivity contribution in [3.05, 3.63) is 29.8 Å². The Bertz CT molecular complexity index is 499. The summed E-state index contributed by atoms with van der Waals surface area (Å²) in [4.78, 5) is 12.3. The number of aromatic hydroxyl groups is 1. The fourth-order valence-corrected chi connectivity index (χ4v) is 2.95. The highest BCUT2D eigenvalue weighted by Crippen LogP contribution is 2.33. The van der Waals surface area contributed by atoms with Crippen LogP contribution in [0.15, 0.2) is 24.3 Å². The monoisotopic (exact) mass is 320 g/mol. The summed E-state index contributed by atoms with van der Waals surface area (Å²) in [5, 5.41) is 9.40. The molecule has 4 heteroatoms. The molecule has 128 valence electrons. The van der Waals surface area contributed by atoms with Crippen LogP contribution in [0.25, 0.3) is 0 Å². The highest BCUT2D eigenvalue weighted by Gasteiger charge is 2.38. The lowest BCUT2D eigenvalue weighted by Gasteiger charge is -2.40. The van der Waals surface area contributed by atoms with Crippen LogP contribution in [0.4, 0.5) is 0 Å². The summed E-state index contributed by atoms with van der Waals surface area (Å²) in [6.07, 6.45) is 2.69. The molecule has 0 bridgehead atoms. The summed E-state index contributed by atoms with van der Waals surface area (Å²) in [6, 6.07) is 7.25. The Labute approximate surface area is 138 Å². The van der Waals surface area contributed by atoms with E-state index in [9.17, 15) is 9.90 Å². The van der Waals surface area contributed by atoms with Gasteiger partial charge in [-0.2, -0.15) is 0 Å². The lowest BCUT2D eigenvalue weighted by molar-refractivity contribution is -0.173. The molecule has 2 atom stereocenters. The second kappa shape index (κ2) is 7.82. The van der Waals surface area contributed by atoms with Gasteiger partial charge in [0.15, 0.2) is 0 Å². The molecule has 23 heavy (non-hydrogen) atoms. The van der Waals surface area contributed by atoms with E-state index >= 15 is 0 Å². The zero-order valence-electron chi connectivity index (χ0n) is 14.4. The Morgan fingerprint density at radius 2 is 1.96 bits per heavy atom. The van der Waals surface area contributed by atoms with Crippen LogP contribution in [0.2, 0.25) is 0 Å². The number of esters is 1. The van der Waals surface area contributed by atoms with Gasteiger partial charge in [0.2, 0.25) is 0 Å². The van der Waals surface area contributed by atoms with E-state index in [4.69, 9.17) is 9.47 Å². The number of benzene rings is 1. The van der Waals surface area contributed by atoms with Crippen molar-refractivity contribution < 1.29 is 19.4 Å². The number of carbonyl (C=O) groups excluding carboxylic acids is 1. The molecule has 0 aliphatic carbocycles. The largest absolute Gasteiger partial charge is 0.508 e. The first kappa shape index (κ1) is 17.8. The van der Waals surface area contributed by atoms with E-state index in [1.807, 2.05) is 19.1 Å². The van der Waals surface area contributed by atoms with Crippen LogP contribution >= 0.6 is 0 Å². The number of hydrogen-bond donors (Lipinski definition) is 1. The Hall–Kier alpha value is -1.55. The highest BCUT2D eigenvalue weighted by molar-refractivity contribution is 5.72. The predicted molar refractivity (Wildman–Crippen MR) is 89.4 cm³/mol. The van der Waals surface area contributed by atoms with Gasteiger partial charge < -0.3 is 14.6 Å². The molecule has 1 N–H and O–H groups in total. The standard InChI is InChI=1S/C19H28O4/c1-4-15(16-6-8-17(20)9-7-16)10-14(3)18(21)23-13-19(5-2)11-22-12-19/h6-9,14-15,20H,4-5,10-13H2,1-3H3. The SMILES string of the molecule is CCC(CC(C)C(=O)OCC1(CC)COC1)c1ccc(O)cc1. The number of carbonyl (C=O) groups is 1. The molecule has 1 fully saturated rings. The minimum Gasteiger partial charge on any atom is -0.508 e. The molecular weight excluding hydrogens is 292 g/mol. The van der Waals surface area contributed by atoms with Crippen LogP contribution in [-0.4, -0.2) is 30.9 Å². The van der Waals surface area contributed by atoms with Gasteiger partial charge in [-0.1, -0.05) is 32.9 Å². The summed E-state index contributed by atoms with van der Waals surface area (Å²) >= 11 is 0. The third-order valence-corrected chi connectivity index (χ3v) is 4.98. The molecule has 1 aromatic carbocycles. The second-order valence-electron chi connectivity index (χ2n) is 6.79. The minimum atomic E-state index is -0.136. The van der Waals surface area contributed by atoms with Crippen molar-refractivity contribution in [3.63, 3.8) is 0 Å². The number of ether oxygens (including phenoxy) is 2. The number of hydrogen-bond acceptors (Lipinski definition) is 4. The molecule has 0 aromatic heterocycles. The maximum atomic E-state index is 12.3. The van der Waals surface area contributed by atoms with Crippen LogP contribution in [0.1, 0.15) is 51.5 Å². The Morgan fingerprint density at radius 3 is 2.43 bits per heavy atom. The molecule has 0 spiro atoms. The summed E-state index contributed by atoms with van der Waals surface area (Å²) in [6.45, 7) is 8.00. The van der Waals surface area contributed by atoms with Gasteiger partial charge in [0.25, 0.3) is 0 Å². The van der Waals surface area contributed by atoms with Crippen LogP contribution in [0, 0.1) is 11.3 Å². The summed E-state index contributed by atoms with van der Waals surface area (Å²) in [7, 11) is 0. The smallest absolute Gasteiger partial charge is 0.308 e. The van der Waals surface area contributed by atoms with Crippen LogP contribution in [0.3, 0.4) is 0 Å². The molecule has 2 unspecified atom stereocenters. The van der Waals surface area contributed by atoms with E-state index in [0.29, 0.717) is 25.7 Å². The van der Waals surface area contributed by atoms with E-state index in [0.717, 1.165) is 24.8 Å². The van der Waals surface area contributed by atoms with Crippen molar-refractivity contribution in [1.29, 1.82) is 0 Å². The molecular formula is C19H28O4. The Kier molecular flexibility index (Phi) is 6.05. The number of rotatable bonds is 8. The van der Waals surface area contributed by atoms with Gasteiger partial charge in [0.05, 0.1) is 24.5 Å². The minimum absolute atomic E-state index is 0.0382. The van der Waals surface area contributed by atoms with Gasteiger partial charge >= 0.3 is 5.97 Å². The molecule has 0 radical (unpaired) electrons. The third kappa shape index (κ3) is 4.47. The van der Waals surface area contributed by atoms with Crippen LogP contribution < -0.4 is 0 Å². The van der Waals surface area contributed by atoms with Crippen molar-refractivity contribution in [3.8, 4) is 5.75 Å². The van der Waals surface area contributed by atoms with Crippen molar-refractivity contribution in [2.75, 3.05) is 19.8 Å². The molecule has 1 aliphatic heterocycles. The molecule has 1 heterocycles. The first-order chi connectivity index (χ1) is 11.0. The van der Waals surface area contributed by atoms with Gasteiger partial charge in [-0.3, -0.25) is 4.79 Å². The van der Waals surface area contributed by atoms with Gasteiger partial charge in [-0.15, -0.1) is 0 Å². The third-order valence-electron chi connectivity index (χ3n) is 4.98. The number of phenolic OH excluding ortho intramolecular Hbond substituents is 1. The molecule has 1 saturated heterocycles. The quantitative estimate of drug-likeness (QED) is 0.739. The lowest BCUT2D eigenvalue weighted by atomic mass is 9.84. The summed E-state index contributed by atoms with van der Waals surface area (Å²) < 4.78 is 10.8. The molecule has 0 saturated carbocycles. The maximum absolute atomic E-state index is 12.3. The second-order valence-corrected chi connectivity index (χ2v) is 6.79. The normalized spacial score (nSPS) is 18.7. The molecule has 4 nitrogen and oxygen atoms in total. The van der Waals surface area contributed by atoms with Crippen molar-refractivity contribution in [2.45, 2.75) is 46.0 Å². The lowest BCUT2D eigenvalue weighted by Crippen LogP contribution is -2.46. The Morgan fingerprint density at radius 1 is 1.30 bits per heavy atom. The van der Waals surface area contributed by atoms with E-state index < -0.39 is 0 Å². The maximum Gasteiger partial charge on any atom is 0.308 e. The highest BCUT2D eigenvalue weighted by atomic mass is 16.5. The van der Waals surface area contributed by atoms with E-state index in [1.165, 1.54) is 0 Å². The van der Waals surface area contributed by atoms with E-state index in [2.05, 4.69) is 13.8 Å². The molecule has 2 rings (SSSR count). The summed E-state index contributed by atoms with van der Waals surface area (Å²) in [5.74, 6) is 0.305. The summed E-state index contributed by atoms with van der Waals surface area (Å²) in [5.41, 5.74) is 1.19. The fraction of sp³-hybridized carbons (Fsp3) is 0.632. The topological polar surface area (TPSA) is 55.8 Å². The van der Waals surface area contributed by atoms with Crippen LogP contribution in [-0.2, 0) is 14.3 Å². The van der Waals surface area contributed by atoms with Crippen molar-refractivity contribution >= 4 is 5.97 Å². The van der Waals surface area contributed by atoms with Crippen LogP contribution in [0.5, 0.6) is 5.75 Å². The molecule has 1 aliphatic rings.